The van der Waals surface area contributed by atoms with Crippen molar-refractivity contribution < 1.29 is 23.5 Å². The maximum absolute atomic E-state index is 12.4. The average Bonchev–Trinajstić information content (AvgIpc) is 3.31. The van der Waals surface area contributed by atoms with Gasteiger partial charge in [0.2, 0.25) is 0 Å². The molecule has 26 heavy (non-hydrogen) atoms. The molecule has 0 spiro atoms. The van der Waals surface area contributed by atoms with Crippen molar-refractivity contribution in [2.75, 3.05) is 14.2 Å². The summed E-state index contributed by atoms with van der Waals surface area (Å²) in [6.07, 6.45) is 0. The fourth-order valence-corrected chi connectivity index (χ4v) is 3.51. The number of furan rings is 1. The predicted molar refractivity (Wildman–Crippen MR) is 97.4 cm³/mol. The van der Waals surface area contributed by atoms with E-state index in [0.717, 1.165) is 4.88 Å². The normalized spacial score (nSPS) is 10.6. The lowest BCUT2D eigenvalue weighted by molar-refractivity contribution is 0.0598. The number of methoxy groups -OCH3 is 2. The fraction of sp³-hybridized carbons (Fsp3) is 0.211. The molecule has 0 N–H and O–H groups in total. The summed E-state index contributed by atoms with van der Waals surface area (Å²) in [6, 6.07) is 7.37. The lowest BCUT2D eigenvalue weighted by Gasteiger charge is -2.15. The van der Waals surface area contributed by atoms with Gasteiger partial charge in [-0.15, -0.1) is 11.3 Å². The number of ether oxygens (including phenoxy) is 2. The second kappa shape index (κ2) is 7.13. The van der Waals surface area contributed by atoms with Gasteiger partial charge in [-0.25, -0.2) is 9.59 Å². The molecule has 0 aromatic carbocycles. The maximum atomic E-state index is 12.4. The quantitative estimate of drug-likeness (QED) is 0.638. The van der Waals surface area contributed by atoms with E-state index in [0.29, 0.717) is 28.5 Å². The zero-order valence-corrected chi connectivity index (χ0v) is 15.6. The number of carbonyl (C=O) groups is 2. The molecule has 134 valence electrons. The zero-order valence-electron chi connectivity index (χ0n) is 14.8. The predicted octanol–water partition coefficient (Wildman–Crippen LogP) is 4.26. The van der Waals surface area contributed by atoms with Crippen LogP contribution in [0.4, 0.5) is 0 Å². The Bertz CT molecular complexity index is 932. The second-order valence-electron chi connectivity index (χ2n) is 5.53. The van der Waals surface area contributed by atoms with Crippen LogP contribution in [0.1, 0.15) is 32.1 Å². The Morgan fingerprint density at radius 3 is 2.04 bits per heavy atom. The van der Waals surface area contributed by atoms with Gasteiger partial charge in [-0.3, -0.25) is 4.98 Å². The molecule has 3 aromatic heterocycles. The first-order valence-electron chi connectivity index (χ1n) is 7.79. The minimum Gasteiger partial charge on any atom is -0.465 e. The van der Waals surface area contributed by atoms with Gasteiger partial charge in [0.25, 0.3) is 0 Å². The Morgan fingerprint density at radius 1 is 0.962 bits per heavy atom. The van der Waals surface area contributed by atoms with Gasteiger partial charge >= 0.3 is 11.9 Å². The zero-order chi connectivity index (χ0) is 18.8. The lowest BCUT2D eigenvalue weighted by atomic mass is 9.96. The molecular formula is C19H17NO5S. The van der Waals surface area contributed by atoms with E-state index in [1.165, 1.54) is 25.6 Å². The summed E-state index contributed by atoms with van der Waals surface area (Å²) in [5.74, 6) is -0.162. The number of nitrogens with zero attached hydrogens (tertiary/aromatic N) is 1. The smallest absolute Gasteiger partial charge is 0.340 e. The third kappa shape index (κ3) is 3.01. The van der Waals surface area contributed by atoms with E-state index >= 15 is 0 Å². The first-order chi connectivity index (χ1) is 12.5. The number of hydrogen-bond acceptors (Lipinski definition) is 7. The maximum Gasteiger partial charge on any atom is 0.340 e. The summed E-state index contributed by atoms with van der Waals surface area (Å²) in [7, 11) is 2.56. The second-order valence-corrected chi connectivity index (χ2v) is 6.48. The Morgan fingerprint density at radius 2 is 1.54 bits per heavy atom. The molecule has 7 heteroatoms. The first-order valence-corrected chi connectivity index (χ1v) is 8.67. The van der Waals surface area contributed by atoms with Crippen LogP contribution in [0.25, 0.3) is 22.0 Å². The lowest BCUT2D eigenvalue weighted by Crippen LogP contribution is -2.15. The minimum atomic E-state index is -0.593. The molecule has 3 aromatic rings. The number of rotatable bonds is 4. The van der Waals surface area contributed by atoms with Gasteiger partial charge in [0.1, 0.15) is 11.5 Å². The molecular weight excluding hydrogens is 354 g/mol. The van der Waals surface area contributed by atoms with Gasteiger partial charge in [-0.2, -0.15) is 0 Å². The molecule has 0 radical (unpaired) electrons. The van der Waals surface area contributed by atoms with Crippen molar-refractivity contribution in [3.63, 3.8) is 0 Å². The van der Waals surface area contributed by atoms with E-state index in [4.69, 9.17) is 13.9 Å². The van der Waals surface area contributed by atoms with E-state index in [9.17, 15) is 9.59 Å². The van der Waals surface area contributed by atoms with Crippen molar-refractivity contribution >= 4 is 23.3 Å². The molecule has 0 saturated carbocycles. The van der Waals surface area contributed by atoms with Crippen LogP contribution in [0.3, 0.4) is 0 Å². The minimum absolute atomic E-state index is 0.186. The Labute approximate surface area is 154 Å². The van der Waals surface area contributed by atoms with Crippen LogP contribution in [0.15, 0.2) is 34.1 Å². The van der Waals surface area contributed by atoms with Gasteiger partial charge in [-0.05, 0) is 37.4 Å². The highest BCUT2D eigenvalue weighted by molar-refractivity contribution is 7.13. The first kappa shape index (κ1) is 17.9. The molecule has 6 nitrogen and oxygen atoms in total. The molecule has 0 aliphatic rings. The van der Waals surface area contributed by atoms with Gasteiger partial charge in [0, 0.05) is 5.56 Å². The largest absolute Gasteiger partial charge is 0.465 e. The van der Waals surface area contributed by atoms with Crippen molar-refractivity contribution in [1.29, 1.82) is 0 Å². The molecule has 0 bridgehead atoms. The summed E-state index contributed by atoms with van der Waals surface area (Å²) in [5, 5.41) is 1.94. The summed E-state index contributed by atoms with van der Waals surface area (Å²) >= 11 is 1.53. The highest BCUT2D eigenvalue weighted by Crippen LogP contribution is 2.36. The van der Waals surface area contributed by atoms with Gasteiger partial charge in [-0.1, -0.05) is 6.07 Å². The number of thiophene rings is 1. The number of esters is 2. The van der Waals surface area contributed by atoms with Crippen molar-refractivity contribution in [2.24, 2.45) is 0 Å². The number of aromatic nitrogens is 1. The third-order valence-corrected chi connectivity index (χ3v) is 4.84. The summed E-state index contributed by atoms with van der Waals surface area (Å²) in [6.45, 7) is 3.37. The molecule has 0 amide bonds. The van der Waals surface area contributed by atoms with E-state index in [1.54, 1.807) is 26.0 Å². The van der Waals surface area contributed by atoms with Gasteiger partial charge in [0.05, 0.1) is 41.6 Å². The number of hydrogen-bond donors (Lipinski definition) is 0. The van der Waals surface area contributed by atoms with Crippen LogP contribution in [-0.2, 0) is 9.47 Å². The van der Waals surface area contributed by atoms with Crippen molar-refractivity contribution in [2.45, 2.75) is 13.8 Å². The monoisotopic (exact) mass is 371 g/mol. The Balaban J connectivity index is 2.30. The number of pyridine rings is 1. The Hall–Kier alpha value is -2.93. The van der Waals surface area contributed by atoms with Crippen LogP contribution in [0, 0.1) is 13.8 Å². The van der Waals surface area contributed by atoms with Crippen molar-refractivity contribution in [3.8, 4) is 22.0 Å². The standard InChI is InChI=1S/C19H17NO5S/c1-10-15(18(21)23-3)17(16(11(2)20-10)19(22)24-4)13-8-7-12(25-13)14-6-5-9-26-14/h5-9H,1-4H3. The average molecular weight is 371 g/mol. The topological polar surface area (TPSA) is 78.6 Å². The summed E-state index contributed by atoms with van der Waals surface area (Å²) < 4.78 is 15.8. The van der Waals surface area contributed by atoms with Crippen LogP contribution < -0.4 is 0 Å². The highest BCUT2D eigenvalue weighted by atomic mass is 32.1. The van der Waals surface area contributed by atoms with Crippen molar-refractivity contribution in [3.05, 3.63) is 52.2 Å². The van der Waals surface area contributed by atoms with Crippen LogP contribution in [-0.4, -0.2) is 31.1 Å². The van der Waals surface area contributed by atoms with E-state index in [1.807, 2.05) is 17.5 Å². The highest BCUT2D eigenvalue weighted by Gasteiger charge is 2.29. The Kier molecular flexibility index (Phi) is 4.90. The van der Waals surface area contributed by atoms with E-state index in [2.05, 4.69) is 4.98 Å². The SMILES string of the molecule is COC(=O)c1c(C)nc(C)c(C(=O)OC)c1-c1ccc(-c2cccs2)o1. The third-order valence-electron chi connectivity index (χ3n) is 3.95. The van der Waals surface area contributed by atoms with E-state index < -0.39 is 11.9 Å². The van der Waals surface area contributed by atoms with E-state index in [-0.39, 0.29) is 11.1 Å². The summed E-state index contributed by atoms with van der Waals surface area (Å²) in [4.78, 5) is 30.0. The number of carbonyl (C=O) groups excluding carboxylic acids is 2. The van der Waals surface area contributed by atoms with Crippen LogP contribution >= 0.6 is 11.3 Å². The molecule has 0 unspecified atom stereocenters. The molecule has 3 rings (SSSR count). The molecule has 0 aliphatic heterocycles. The molecule has 0 aliphatic carbocycles. The van der Waals surface area contributed by atoms with Gasteiger partial charge < -0.3 is 13.9 Å². The molecule has 0 atom stereocenters. The molecule has 0 saturated heterocycles. The van der Waals surface area contributed by atoms with Crippen molar-refractivity contribution in [1.82, 2.24) is 4.98 Å². The number of aryl methyl sites for hydroxylation is 2. The summed E-state index contributed by atoms with van der Waals surface area (Å²) in [5.41, 5.74) is 1.60. The molecule has 3 heterocycles. The van der Waals surface area contributed by atoms with Crippen LogP contribution in [0.2, 0.25) is 0 Å². The van der Waals surface area contributed by atoms with Gasteiger partial charge in [0.15, 0.2) is 0 Å². The van der Waals surface area contributed by atoms with Crippen LogP contribution in [0.5, 0.6) is 0 Å². The fourth-order valence-electron chi connectivity index (χ4n) is 2.82. The molecule has 0 fully saturated rings.